The average molecular weight is 517 g/mol. The molecule has 190 valence electrons. The molecule has 3 saturated carbocycles. The number of aromatic nitrogens is 3. The highest BCUT2D eigenvalue weighted by atomic mass is 32.2. The van der Waals surface area contributed by atoms with Gasteiger partial charge in [0, 0.05) is 17.8 Å². The Morgan fingerprint density at radius 3 is 2.51 bits per heavy atom. The molecule has 4 aromatic rings. The molecule has 4 N–H and O–H groups in total. The Labute approximate surface area is 215 Å². The van der Waals surface area contributed by atoms with Crippen LogP contribution in [0.25, 0.3) is 22.2 Å². The topological polar surface area (TPSA) is 126 Å². The number of fused-ring (bicyclic) bond motifs is 2. The molecule has 0 radical (unpaired) electrons. The number of rotatable bonds is 7. The normalized spacial score (nSPS) is 22.7. The van der Waals surface area contributed by atoms with Gasteiger partial charge in [-0.15, -0.1) is 0 Å². The zero-order valence-corrected chi connectivity index (χ0v) is 21.0. The molecule has 9 nitrogen and oxygen atoms in total. The van der Waals surface area contributed by atoms with Gasteiger partial charge in [-0.2, -0.15) is 0 Å². The summed E-state index contributed by atoms with van der Waals surface area (Å²) in [5.74, 6) is 1.34. The first-order chi connectivity index (χ1) is 17.9. The fraction of sp³-hybridized carbons (Fsp3) is 0.333. The maximum absolute atomic E-state index is 13.1. The van der Waals surface area contributed by atoms with Gasteiger partial charge < -0.3 is 10.3 Å². The summed E-state index contributed by atoms with van der Waals surface area (Å²) in [5, 5.41) is 13.2. The second-order valence-corrected chi connectivity index (χ2v) is 12.1. The van der Waals surface area contributed by atoms with Gasteiger partial charge in [0.1, 0.15) is 17.8 Å². The maximum atomic E-state index is 13.1. The first kappa shape index (κ1) is 22.6. The standard InChI is InChI=1S/C27H28N6O3S/c28-26-24-21(14-32(17-6-4-5-7-17)27(24)30-15-29-26)16-10-11-22(23(12-16)33(34)25-19-13-20(19)25)31-37(35,36)18-8-2-1-3-9-18/h1-3,8-12,14-15,17,19-20,25,31,34H,4-7,13H2,(H2,28,29,30). The van der Waals surface area contributed by atoms with Gasteiger partial charge in [0.2, 0.25) is 0 Å². The van der Waals surface area contributed by atoms with Crippen molar-refractivity contribution in [3.8, 4) is 11.1 Å². The third kappa shape index (κ3) is 3.74. The van der Waals surface area contributed by atoms with Gasteiger partial charge in [-0.3, -0.25) is 15.0 Å². The highest BCUT2D eigenvalue weighted by molar-refractivity contribution is 7.92. The first-order valence-corrected chi connectivity index (χ1v) is 14.2. The van der Waals surface area contributed by atoms with E-state index < -0.39 is 10.0 Å². The third-order valence-corrected chi connectivity index (χ3v) is 9.50. The summed E-state index contributed by atoms with van der Waals surface area (Å²) in [6.07, 6.45) is 9.23. The zero-order chi connectivity index (χ0) is 25.3. The summed E-state index contributed by atoms with van der Waals surface area (Å²) in [6, 6.07) is 14.0. The lowest BCUT2D eigenvalue weighted by Gasteiger charge is -2.24. The lowest BCUT2D eigenvalue weighted by molar-refractivity contribution is 0.231. The van der Waals surface area contributed by atoms with Crippen LogP contribution in [0.4, 0.5) is 17.2 Å². The summed E-state index contributed by atoms with van der Waals surface area (Å²) < 4.78 is 31.1. The summed E-state index contributed by atoms with van der Waals surface area (Å²) in [4.78, 5) is 8.97. The molecule has 2 unspecified atom stereocenters. The molecule has 2 atom stereocenters. The predicted octanol–water partition coefficient (Wildman–Crippen LogP) is 4.81. The zero-order valence-electron chi connectivity index (χ0n) is 20.2. The SMILES string of the molecule is Nc1ncnc2c1c(-c1ccc(NS(=O)(=O)c3ccccc3)c(N(O)C3C4CC43)c1)cn2C1CCCC1. The van der Waals surface area contributed by atoms with Crippen molar-refractivity contribution in [2.45, 2.75) is 49.1 Å². The van der Waals surface area contributed by atoms with E-state index in [1.807, 2.05) is 12.1 Å². The average Bonchev–Trinajstić information content (AvgIpc) is 3.68. The molecule has 37 heavy (non-hydrogen) atoms. The van der Waals surface area contributed by atoms with Crippen molar-refractivity contribution >= 4 is 38.2 Å². The molecule has 10 heteroatoms. The predicted molar refractivity (Wildman–Crippen MR) is 142 cm³/mol. The van der Waals surface area contributed by atoms with Crippen molar-refractivity contribution in [1.29, 1.82) is 0 Å². The van der Waals surface area contributed by atoms with Crippen molar-refractivity contribution in [3.05, 3.63) is 61.1 Å². The Hall–Kier alpha value is -3.63. The summed E-state index contributed by atoms with van der Waals surface area (Å²) in [6.45, 7) is 0. The fourth-order valence-corrected chi connectivity index (χ4v) is 6.93. The summed E-state index contributed by atoms with van der Waals surface area (Å²) in [5.41, 5.74) is 9.58. The number of nitrogens with zero attached hydrogens (tertiary/aromatic N) is 4. The Morgan fingerprint density at radius 2 is 1.81 bits per heavy atom. The third-order valence-electron chi connectivity index (χ3n) is 8.12. The number of sulfonamides is 1. The van der Waals surface area contributed by atoms with E-state index in [1.54, 1.807) is 36.4 Å². The molecule has 3 aliphatic carbocycles. The molecule has 2 aromatic heterocycles. The van der Waals surface area contributed by atoms with Gasteiger partial charge in [0.05, 0.1) is 27.7 Å². The van der Waals surface area contributed by atoms with Crippen LogP contribution in [0, 0.1) is 11.8 Å². The highest BCUT2D eigenvalue weighted by Crippen LogP contribution is 2.65. The molecule has 0 amide bonds. The molecule has 0 spiro atoms. The molecule has 0 aliphatic heterocycles. The minimum absolute atomic E-state index is 0.0171. The van der Waals surface area contributed by atoms with E-state index in [9.17, 15) is 13.6 Å². The van der Waals surface area contributed by atoms with Gasteiger partial charge >= 0.3 is 0 Å². The molecule has 2 heterocycles. The number of nitrogens with two attached hydrogens (primary N) is 1. The molecular weight excluding hydrogens is 488 g/mol. The number of nitrogens with one attached hydrogen (secondary N) is 1. The number of nitrogen functional groups attached to an aromatic ring is 1. The van der Waals surface area contributed by atoms with Gasteiger partial charge in [-0.1, -0.05) is 37.1 Å². The molecule has 3 fully saturated rings. The van der Waals surface area contributed by atoms with E-state index >= 15 is 0 Å². The van der Waals surface area contributed by atoms with Crippen molar-refractivity contribution in [1.82, 2.24) is 14.5 Å². The van der Waals surface area contributed by atoms with Crippen LogP contribution in [0.2, 0.25) is 0 Å². The summed E-state index contributed by atoms with van der Waals surface area (Å²) in [7, 11) is -3.83. The van der Waals surface area contributed by atoms with Crippen LogP contribution in [-0.2, 0) is 10.0 Å². The van der Waals surface area contributed by atoms with Gasteiger partial charge in [-0.05, 0) is 60.9 Å². The number of anilines is 3. The summed E-state index contributed by atoms with van der Waals surface area (Å²) >= 11 is 0. The highest BCUT2D eigenvalue weighted by Gasteiger charge is 2.67. The quantitative estimate of drug-likeness (QED) is 0.301. The molecule has 2 aromatic carbocycles. The molecule has 0 saturated heterocycles. The second kappa shape index (κ2) is 8.19. The molecule has 3 aliphatic rings. The smallest absolute Gasteiger partial charge is 0.261 e. The number of hydrogen-bond donors (Lipinski definition) is 3. The Bertz CT molecular complexity index is 1610. The van der Waals surface area contributed by atoms with Crippen LogP contribution in [0.3, 0.4) is 0 Å². The molecule has 7 rings (SSSR count). The van der Waals surface area contributed by atoms with Crippen LogP contribution in [0.5, 0.6) is 0 Å². The van der Waals surface area contributed by atoms with Crippen LogP contribution in [0.1, 0.15) is 38.1 Å². The molecular formula is C27H28N6O3S. The van der Waals surface area contributed by atoms with E-state index in [0.717, 1.165) is 41.4 Å². The van der Waals surface area contributed by atoms with Gasteiger partial charge in [0.15, 0.2) is 0 Å². The maximum Gasteiger partial charge on any atom is 0.261 e. The van der Waals surface area contributed by atoms with Gasteiger partial charge in [-0.25, -0.2) is 18.4 Å². The van der Waals surface area contributed by atoms with Crippen molar-refractivity contribution in [3.63, 3.8) is 0 Å². The van der Waals surface area contributed by atoms with E-state index in [-0.39, 0.29) is 10.9 Å². The Morgan fingerprint density at radius 1 is 1.05 bits per heavy atom. The lowest BCUT2D eigenvalue weighted by Crippen LogP contribution is -2.27. The minimum Gasteiger partial charge on any atom is -0.383 e. The molecule has 0 bridgehead atoms. The van der Waals surface area contributed by atoms with Gasteiger partial charge in [0.25, 0.3) is 10.0 Å². The lowest BCUT2D eigenvalue weighted by atomic mass is 10.0. The van der Waals surface area contributed by atoms with E-state index in [4.69, 9.17) is 5.73 Å². The monoisotopic (exact) mass is 516 g/mol. The van der Waals surface area contributed by atoms with Crippen molar-refractivity contribution in [2.24, 2.45) is 11.8 Å². The second-order valence-electron chi connectivity index (χ2n) is 10.4. The number of hydroxylamine groups is 1. The van der Waals surface area contributed by atoms with Crippen molar-refractivity contribution < 1.29 is 13.6 Å². The Kier molecular flexibility index (Phi) is 4.99. The van der Waals surface area contributed by atoms with E-state index in [2.05, 4.69) is 25.5 Å². The largest absolute Gasteiger partial charge is 0.383 e. The number of hydrogen-bond acceptors (Lipinski definition) is 7. The van der Waals surface area contributed by atoms with E-state index in [0.29, 0.717) is 35.1 Å². The van der Waals surface area contributed by atoms with Crippen LogP contribution < -0.4 is 15.5 Å². The fourth-order valence-electron chi connectivity index (χ4n) is 5.83. The first-order valence-electron chi connectivity index (χ1n) is 12.7. The van der Waals surface area contributed by atoms with Crippen LogP contribution >= 0.6 is 0 Å². The van der Waals surface area contributed by atoms with Crippen LogP contribution in [-0.4, -0.2) is 34.2 Å². The van der Waals surface area contributed by atoms with Crippen molar-refractivity contribution in [2.75, 3.05) is 15.5 Å². The van der Waals surface area contributed by atoms with E-state index in [1.165, 1.54) is 24.2 Å². The number of benzene rings is 2. The van der Waals surface area contributed by atoms with Crippen LogP contribution in [0.15, 0.2) is 66.0 Å². The Balaban J connectivity index is 1.34. The minimum atomic E-state index is -3.83.